The number of carbonyl (C=O) groups is 1. The average molecular weight is 243 g/mol. The van der Waals surface area contributed by atoms with E-state index in [9.17, 15) is 9.18 Å². The van der Waals surface area contributed by atoms with Crippen LogP contribution < -0.4 is 0 Å². The SMILES string of the molecule is Cc1ccc(C(=O)c2ccc(F)cc2C)c(C)n1. The summed E-state index contributed by atoms with van der Waals surface area (Å²) in [5.74, 6) is -0.444. The van der Waals surface area contributed by atoms with Gasteiger partial charge in [0.1, 0.15) is 5.82 Å². The molecule has 0 N–H and O–H groups in total. The van der Waals surface area contributed by atoms with Crippen LogP contribution in [-0.4, -0.2) is 10.8 Å². The summed E-state index contributed by atoms with van der Waals surface area (Å²) in [6, 6.07) is 7.76. The van der Waals surface area contributed by atoms with E-state index in [0.717, 1.165) is 5.69 Å². The monoisotopic (exact) mass is 243 g/mol. The highest BCUT2D eigenvalue weighted by atomic mass is 19.1. The van der Waals surface area contributed by atoms with Gasteiger partial charge in [-0.05, 0) is 56.7 Å². The molecule has 0 radical (unpaired) electrons. The molecule has 2 aromatic rings. The van der Waals surface area contributed by atoms with E-state index in [4.69, 9.17) is 0 Å². The third-order valence-corrected chi connectivity index (χ3v) is 2.90. The summed E-state index contributed by atoms with van der Waals surface area (Å²) in [4.78, 5) is 16.6. The first kappa shape index (κ1) is 12.4. The van der Waals surface area contributed by atoms with Crippen LogP contribution in [0.25, 0.3) is 0 Å². The van der Waals surface area contributed by atoms with Crippen molar-refractivity contribution in [2.24, 2.45) is 0 Å². The number of carbonyl (C=O) groups excluding carboxylic acids is 1. The van der Waals surface area contributed by atoms with Gasteiger partial charge in [-0.15, -0.1) is 0 Å². The van der Waals surface area contributed by atoms with Crippen molar-refractivity contribution in [1.82, 2.24) is 4.98 Å². The Balaban J connectivity index is 2.48. The van der Waals surface area contributed by atoms with E-state index in [0.29, 0.717) is 22.4 Å². The highest BCUT2D eigenvalue weighted by Crippen LogP contribution is 2.17. The molecule has 0 spiro atoms. The summed E-state index contributed by atoms with van der Waals surface area (Å²) in [5, 5.41) is 0. The van der Waals surface area contributed by atoms with Crippen molar-refractivity contribution >= 4 is 5.78 Å². The molecule has 0 saturated heterocycles. The predicted octanol–water partition coefficient (Wildman–Crippen LogP) is 3.38. The average Bonchev–Trinajstić information content (AvgIpc) is 2.28. The van der Waals surface area contributed by atoms with Crippen molar-refractivity contribution in [2.45, 2.75) is 20.8 Å². The summed E-state index contributed by atoms with van der Waals surface area (Å²) >= 11 is 0. The van der Waals surface area contributed by atoms with E-state index in [1.165, 1.54) is 18.2 Å². The van der Waals surface area contributed by atoms with Gasteiger partial charge in [0, 0.05) is 22.5 Å². The number of benzene rings is 1. The van der Waals surface area contributed by atoms with Gasteiger partial charge >= 0.3 is 0 Å². The number of nitrogens with zero attached hydrogens (tertiary/aromatic N) is 1. The number of aryl methyl sites for hydroxylation is 3. The minimum absolute atomic E-state index is 0.113. The lowest BCUT2D eigenvalue weighted by Crippen LogP contribution is -2.07. The van der Waals surface area contributed by atoms with Crippen LogP contribution in [0.1, 0.15) is 32.9 Å². The molecule has 18 heavy (non-hydrogen) atoms. The maximum atomic E-state index is 13.0. The molecular formula is C15H14FNO. The topological polar surface area (TPSA) is 30.0 Å². The standard InChI is InChI=1S/C15H14FNO/c1-9-8-12(16)5-7-13(9)15(18)14-6-4-10(2)17-11(14)3/h4-8H,1-3H3. The zero-order valence-corrected chi connectivity index (χ0v) is 10.6. The fraction of sp³-hybridized carbons (Fsp3) is 0.200. The minimum Gasteiger partial charge on any atom is -0.289 e. The Hall–Kier alpha value is -2.03. The van der Waals surface area contributed by atoms with Crippen molar-refractivity contribution in [3.8, 4) is 0 Å². The summed E-state index contributed by atoms with van der Waals surface area (Å²) in [6.45, 7) is 5.41. The van der Waals surface area contributed by atoms with Crippen LogP contribution in [0.2, 0.25) is 0 Å². The molecule has 1 aromatic heterocycles. The molecule has 0 bridgehead atoms. The Labute approximate surface area is 105 Å². The highest BCUT2D eigenvalue weighted by Gasteiger charge is 2.15. The Morgan fingerprint density at radius 2 is 1.72 bits per heavy atom. The highest BCUT2D eigenvalue weighted by molar-refractivity contribution is 6.10. The van der Waals surface area contributed by atoms with Gasteiger partial charge in [0.05, 0.1) is 0 Å². The van der Waals surface area contributed by atoms with Gasteiger partial charge in [-0.1, -0.05) is 0 Å². The van der Waals surface area contributed by atoms with E-state index in [2.05, 4.69) is 4.98 Å². The van der Waals surface area contributed by atoms with Crippen LogP contribution in [0.15, 0.2) is 30.3 Å². The van der Waals surface area contributed by atoms with Crippen molar-refractivity contribution in [3.63, 3.8) is 0 Å². The molecule has 0 unspecified atom stereocenters. The Kier molecular flexibility index (Phi) is 3.24. The van der Waals surface area contributed by atoms with E-state index >= 15 is 0 Å². The van der Waals surface area contributed by atoms with Gasteiger partial charge in [0.2, 0.25) is 0 Å². The van der Waals surface area contributed by atoms with Gasteiger partial charge in [0.25, 0.3) is 0 Å². The number of halogens is 1. The smallest absolute Gasteiger partial charge is 0.195 e. The van der Waals surface area contributed by atoms with Crippen LogP contribution in [-0.2, 0) is 0 Å². The summed E-state index contributed by atoms with van der Waals surface area (Å²) in [5.41, 5.74) is 3.30. The summed E-state index contributed by atoms with van der Waals surface area (Å²) < 4.78 is 13.0. The van der Waals surface area contributed by atoms with Crippen LogP contribution in [0.5, 0.6) is 0 Å². The van der Waals surface area contributed by atoms with Gasteiger partial charge < -0.3 is 0 Å². The number of hydrogen-bond acceptors (Lipinski definition) is 2. The zero-order chi connectivity index (χ0) is 13.3. The first-order chi connectivity index (χ1) is 8.49. The molecule has 1 aromatic carbocycles. The third-order valence-electron chi connectivity index (χ3n) is 2.90. The van der Waals surface area contributed by atoms with E-state index < -0.39 is 0 Å². The first-order valence-corrected chi connectivity index (χ1v) is 5.74. The van der Waals surface area contributed by atoms with E-state index in [1.807, 2.05) is 6.92 Å². The Morgan fingerprint density at radius 3 is 2.33 bits per heavy atom. The van der Waals surface area contributed by atoms with Crippen LogP contribution in [0, 0.1) is 26.6 Å². The fourth-order valence-electron chi connectivity index (χ4n) is 1.95. The molecule has 3 heteroatoms. The van der Waals surface area contributed by atoms with Crippen molar-refractivity contribution in [3.05, 3.63) is 64.2 Å². The Bertz CT molecular complexity index is 566. The van der Waals surface area contributed by atoms with Gasteiger partial charge in [-0.3, -0.25) is 9.78 Å². The predicted molar refractivity (Wildman–Crippen MR) is 68.3 cm³/mol. The number of pyridine rings is 1. The van der Waals surface area contributed by atoms with Crippen molar-refractivity contribution in [1.29, 1.82) is 0 Å². The Morgan fingerprint density at radius 1 is 1.06 bits per heavy atom. The molecule has 0 saturated carbocycles. The second-order valence-corrected chi connectivity index (χ2v) is 4.37. The largest absolute Gasteiger partial charge is 0.289 e. The lowest BCUT2D eigenvalue weighted by atomic mass is 9.98. The van der Waals surface area contributed by atoms with Crippen LogP contribution in [0.3, 0.4) is 0 Å². The minimum atomic E-state index is -0.331. The van der Waals surface area contributed by atoms with Gasteiger partial charge in [0.15, 0.2) is 5.78 Å². The molecule has 2 rings (SSSR count). The maximum absolute atomic E-state index is 13.0. The maximum Gasteiger partial charge on any atom is 0.195 e. The number of rotatable bonds is 2. The van der Waals surface area contributed by atoms with Gasteiger partial charge in [-0.2, -0.15) is 0 Å². The molecule has 0 aliphatic heterocycles. The second kappa shape index (κ2) is 4.69. The zero-order valence-electron chi connectivity index (χ0n) is 10.6. The first-order valence-electron chi connectivity index (χ1n) is 5.74. The third kappa shape index (κ3) is 2.30. The molecule has 2 nitrogen and oxygen atoms in total. The molecule has 0 amide bonds. The number of aromatic nitrogens is 1. The number of hydrogen-bond donors (Lipinski definition) is 0. The van der Waals surface area contributed by atoms with Crippen LogP contribution in [0.4, 0.5) is 4.39 Å². The molecule has 0 aliphatic rings. The van der Waals surface area contributed by atoms with Crippen molar-refractivity contribution in [2.75, 3.05) is 0 Å². The molecule has 0 atom stereocenters. The molecule has 92 valence electrons. The normalized spacial score (nSPS) is 10.4. The molecule has 0 aliphatic carbocycles. The molecule has 0 fully saturated rings. The second-order valence-electron chi connectivity index (χ2n) is 4.37. The number of ketones is 1. The van der Waals surface area contributed by atoms with Crippen LogP contribution >= 0.6 is 0 Å². The molecular weight excluding hydrogens is 229 g/mol. The fourth-order valence-corrected chi connectivity index (χ4v) is 1.95. The quantitative estimate of drug-likeness (QED) is 0.757. The lowest BCUT2D eigenvalue weighted by molar-refractivity contribution is 0.103. The lowest BCUT2D eigenvalue weighted by Gasteiger charge is -2.07. The van der Waals surface area contributed by atoms with E-state index in [1.54, 1.807) is 26.0 Å². The summed E-state index contributed by atoms with van der Waals surface area (Å²) in [7, 11) is 0. The molecule has 1 heterocycles. The van der Waals surface area contributed by atoms with E-state index in [-0.39, 0.29) is 11.6 Å². The van der Waals surface area contributed by atoms with Gasteiger partial charge in [-0.25, -0.2) is 4.39 Å². The van der Waals surface area contributed by atoms with Crippen molar-refractivity contribution < 1.29 is 9.18 Å². The summed E-state index contributed by atoms with van der Waals surface area (Å²) in [6.07, 6.45) is 0.